The van der Waals surface area contributed by atoms with E-state index < -0.39 is 0 Å². The summed E-state index contributed by atoms with van der Waals surface area (Å²) in [5, 5.41) is 4.16. The molecule has 2 heterocycles. The number of para-hydroxylation sites is 1. The highest BCUT2D eigenvalue weighted by molar-refractivity contribution is 7.71. The molecule has 0 atom stereocenters. The van der Waals surface area contributed by atoms with Gasteiger partial charge in [-0.1, -0.05) is 30.4 Å². The van der Waals surface area contributed by atoms with E-state index in [1.54, 1.807) is 10.9 Å². The number of hydrogen-bond acceptors (Lipinski definition) is 4. The van der Waals surface area contributed by atoms with Crippen LogP contribution in [0.5, 0.6) is 5.75 Å². The summed E-state index contributed by atoms with van der Waals surface area (Å²) >= 11 is 5.21. The van der Waals surface area contributed by atoms with Gasteiger partial charge >= 0.3 is 0 Å². The Hall–Kier alpha value is -2.47. The van der Waals surface area contributed by atoms with E-state index in [0.717, 1.165) is 17.0 Å². The lowest BCUT2D eigenvalue weighted by Crippen LogP contribution is -2.02. The summed E-state index contributed by atoms with van der Waals surface area (Å²) in [5.74, 6) is 1.48. The minimum atomic E-state index is 0.335. The predicted octanol–water partition coefficient (Wildman–Crippen LogP) is 3.12. The van der Waals surface area contributed by atoms with Crippen LogP contribution in [0.3, 0.4) is 0 Å². The van der Waals surface area contributed by atoms with Gasteiger partial charge < -0.3 is 9.72 Å². The number of aromatic nitrogens is 4. The van der Waals surface area contributed by atoms with Crippen LogP contribution in [0.15, 0.2) is 48.8 Å². The van der Waals surface area contributed by atoms with Crippen molar-refractivity contribution in [3.63, 3.8) is 0 Å². The van der Waals surface area contributed by atoms with Gasteiger partial charge in [0.2, 0.25) is 0 Å². The Balaban J connectivity index is 1.83. The van der Waals surface area contributed by atoms with Crippen molar-refractivity contribution in [1.29, 1.82) is 0 Å². The minimum absolute atomic E-state index is 0.335. The molecule has 0 saturated carbocycles. The molecule has 1 aromatic carbocycles. The minimum Gasteiger partial charge on any atom is -0.486 e. The second-order valence-corrected chi connectivity index (χ2v) is 5.00. The molecule has 21 heavy (non-hydrogen) atoms. The molecule has 0 aliphatic rings. The third-order valence-corrected chi connectivity index (χ3v) is 3.14. The number of H-pyrrole nitrogens is 1. The third-order valence-electron chi connectivity index (χ3n) is 2.93. The van der Waals surface area contributed by atoms with E-state index in [-0.39, 0.29) is 0 Å². The number of aryl methyl sites for hydroxylation is 1. The van der Waals surface area contributed by atoms with Crippen LogP contribution in [-0.4, -0.2) is 19.7 Å². The van der Waals surface area contributed by atoms with E-state index in [1.165, 1.54) is 0 Å². The first-order chi connectivity index (χ1) is 10.2. The molecule has 3 aromatic rings. The molecular weight excluding hydrogens is 284 g/mol. The molecule has 6 heteroatoms. The molecule has 2 aromatic heterocycles. The fourth-order valence-electron chi connectivity index (χ4n) is 1.96. The normalized spacial score (nSPS) is 10.5. The lowest BCUT2D eigenvalue weighted by Gasteiger charge is -2.07. The van der Waals surface area contributed by atoms with Crippen molar-refractivity contribution in [2.24, 2.45) is 7.05 Å². The lowest BCUT2D eigenvalue weighted by atomic mass is 10.2. The van der Waals surface area contributed by atoms with E-state index in [9.17, 15) is 0 Å². The third kappa shape index (κ3) is 3.35. The van der Waals surface area contributed by atoms with E-state index >= 15 is 0 Å². The summed E-state index contributed by atoms with van der Waals surface area (Å²) in [6.07, 6.45) is 3.70. The van der Waals surface area contributed by atoms with Crippen LogP contribution in [-0.2, 0) is 13.7 Å². The monoisotopic (exact) mass is 298 g/mol. The van der Waals surface area contributed by atoms with Crippen LogP contribution in [0.4, 0.5) is 0 Å². The Morgan fingerprint density at radius 3 is 2.81 bits per heavy atom. The number of benzene rings is 1. The number of aromatic amines is 1. The molecule has 0 aliphatic carbocycles. The average Bonchev–Trinajstić information content (AvgIpc) is 2.92. The molecule has 106 valence electrons. The molecular formula is C15H14N4OS. The van der Waals surface area contributed by atoms with Gasteiger partial charge in [0.25, 0.3) is 0 Å². The number of rotatable bonds is 4. The summed E-state index contributed by atoms with van der Waals surface area (Å²) in [7, 11) is 1.87. The zero-order valence-corrected chi connectivity index (χ0v) is 12.3. The Labute approximate surface area is 127 Å². The van der Waals surface area contributed by atoms with Crippen LogP contribution < -0.4 is 4.74 Å². The maximum Gasteiger partial charge on any atom is 0.146 e. The largest absolute Gasteiger partial charge is 0.486 e. The fourth-order valence-corrected chi connectivity index (χ4v) is 2.19. The van der Waals surface area contributed by atoms with Gasteiger partial charge in [0, 0.05) is 18.8 Å². The number of nitrogens with one attached hydrogen (secondary N) is 1. The van der Waals surface area contributed by atoms with Gasteiger partial charge in [-0.3, -0.25) is 4.68 Å². The summed E-state index contributed by atoms with van der Waals surface area (Å²) in [5.41, 5.74) is 1.85. The highest BCUT2D eigenvalue weighted by Crippen LogP contribution is 2.16. The van der Waals surface area contributed by atoms with Crippen LogP contribution >= 0.6 is 12.2 Å². The van der Waals surface area contributed by atoms with Crippen LogP contribution in [0.25, 0.3) is 11.3 Å². The first-order valence-electron chi connectivity index (χ1n) is 6.48. The Morgan fingerprint density at radius 2 is 2.10 bits per heavy atom. The van der Waals surface area contributed by atoms with Crippen LogP contribution in [0, 0.1) is 4.64 Å². The lowest BCUT2D eigenvalue weighted by molar-refractivity contribution is 0.296. The Morgan fingerprint density at radius 1 is 1.29 bits per heavy atom. The van der Waals surface area contributed by atoms with Gasteiger partial charge in [-0.15, -0.1) is 0 Å². The van der Waals surface area contributed by atoms with E-state index in [4.69, 9.17) is 17.0 Å². The zero-order valence-electron chi connectivity index (χ0n) is 11.5. The molecule has 0 spiro atoms. The van der Waals surface area contributed by atoms with Gasteiger partial charge in [0.05, 0.1) is 11.9 Å². The van der Waals surface area contributed by atoms with E-state index in [2.05, 4.69) is 15.1 Å². The first-order valence-corrected chi connectivity index (χ1v) is 6.88. The van der Waals surface area contributed by atoms with Crippen molar-refractivity contribution < 1.29 is 4.74 Å². The molecule has 0 unspecified atom stereocenters. The van der Waals surface area contributed by atoms with Gasteiger partial charge in [0.1, 0.15) is 22.8 Å². The maximum absolute atomic E-state index is 5.68. The van der Waals surface area contributed by atoms with E-state index in [0.29, 0.717) is 17.1 Å². The number of nitrogens with zero attached hydrogens (tertiary/aromatic N) is 3. The average molecular weight is 298 g/mol. The van der Waals surface area contributed by atoms with Crippen molar-refractivity contribution in [1.82, 2.24) is 19.7 Å². The summed E-state index contributed by atoms with van der Waals surface area (Å²) in [4.78, 5) is 7.52. The second kappa shape index (κ2) is 5.88. The predicted molar refractivity (Wildman–Crippen MR) is 82.4 cm³/mol. The van der Waals surface area contributed by atoms with Crippen molar-refractivity contribution in [2.45, 2.75) is 6.61 Å². The van der Waals surface area contributed by atoms with Crippen molar-refractivity contribution >= 4 is 12.2 Å². The van der Waals surface area contributed by atoms with E-state index in [1.807, 2.05) is 49.6 Å². The quantitative estimate of drug-likeness (QED) is 0.752. The molecule has 3 rings (SSSR count). The van der Waals surface area contributed by atoms with Crippen LogP contribution in [0.2, 0.25) is 0 Å². The zero-order chi connectivity index (χ0) is 14.7. The summed E-state index contributed by atoms with van der Waals surface area (Å²) in [6, 6.07) is 11.4. The molecule has 0 aliphatic heterocycles. The second-order valence-electron chi connectivity index (χ2n) is 4.58. The number of hydrogen-bond donors (Lipinski definition) is 1. The van der Waals surface area contributed by atoms with Crippen molar-refractivity contribution in [2.75, 3.05) is 0 Å². The number of ether oxygens (including phenoxy) is 1. The molecule has 0 saturated heterocycles. The van der Waals surface area contributed by atoms with Gasteiger partial charge in [0.15, 0.2) is 0 Å². The molecule has 0 fully saturated rings. The first kappa shape index (κ1) is 13.5. The smallest absolute Gasteiger partial charge is 0.146 e. The molecule has 0 radical (unpaired) electrons. The maximum atomic E-state index is 5.68. The summed E-state index contributed by atoms with van der Waals surface area (Å²) < 4.78 is 7.95. The SMILES string of the molecule is Cn1cc(-c2cc(=S)nc(COc3ccccc3)[nH]2)cn1. The highest BCUT2D eigenvalue weighted by Gasteiger charge is 2.05. The van der Waals surface area contributed by atoms with Gasteiger partial charge in [-0.25, -0.2) is 4.98 Å². The molecule has 1 N–H and O–H groups in total. The van der Waals surface area contributed by atoms with Gasteiger partial charge in [-0.05, 0) is 18.2 Å². The highest BCUT2D eigenvalue weighted by atomic mass is 32.1. The fraction of sp³-hybridized carbons (Fsp3) is 0.133. The van der Waals surface area contributed by atoms with Crippen molar-refractivity contribution in [3.8, 4) is 17.0 Å². The van der Waals surface area contributed by atoms with Crippen LogP contribution in [0.1, 0.15) is 5.82 Å². The topological polar surface area (TPSA) is 55.7 Å². The van der Waals surface area contributed by atoms with Crippen molar-refractivity contribution in [3.05, 3.63) is 59.3 Å². The molecule has 0 bridgehead atoms. The Kier molecular flexibility index (Phi) is 3.79. The summed E-state index contributed by atoms with van der Waals surface area (Å²) in [6.45, 7) is 0.335. The molecule has 5 nitrogen and oxygen atoms in total. The Bertz CT molecular complexity index is 795. The standard InChI is InChI=1S/C15H14N4OS/c1-19-9-11(8-16-19)13-7-15(21)18-14(17-13)10-20-12-5-3-2-4-6-12/h2-9H,10H2,1H3,(H,17,18,21). The molecule has 0 amide bonds. The van der Waals surface area contributed by atoms with Gasteiger partial charge in [-0.2, -0.15) is 5.10 Å².